The summed E-state index contributed by atoms with van der Waals surface area (Å²) in [5, 5.41) is 24.2. The Labute approximate surface area is 540 Å². The van der Waals surface area contributed by atoms with Gasteiger partial charge >= 0.3 is 0 Å². The van der Waals surface area contributed by atoms with Crippen LogP contribution >= 0.6 is 47.9 Å². The topological polar surface area (TPSA) is 144 Å². The van der Waals surface area contributed by atoms with Crippen LogP contribution in [0.5, 0.6) is 0 Å². The van der Waals surface area contributed by atoms with Crippen molar-refractivity contribution >= 4 is 65.6 Å². The minimum Gasteiger partial charge on any atom is -0.380 e. The van der Waals surface area contributed by atoms with E-state index in [9.17, 15) is 19.5 Å². The van der Waals surface area contributed by atoms with E-state index in [-0.39, 0.29) is 27.2 Å². The number of carbonyl (C=O) groups is 3. The number of nitrogens with one attached hydrogen (secondary N) is 4. The Morgan fingerprint density at radius 3 is 1.96 bits per heavy atom. The first kappa shape index (κ1) is 76.8. The van der Waals surface area contributed by atoms with Gasteiger partial charge in [0.15, 0.2) is 0 Å². The van der Waals surface area contributed by atoms with Crippen LogP contribution in [0.3, 0.4) is 0 Å². The first-order valence-electron chi connectivity index (χ1n) is 34.6. The first-order chi connectivity index (χ1) is 40.6. The highest BCUT2D eigenvalue weighted by atomic mass is 32.2. The zero-order valence-corrected chi connectivity index (χ0v) is 59.7. The van der Waals surface area contributed by atoms with Gasteiger partial charge in [-0.3, -0.25) is 19.3 Å². The highest BCUT2D eigenvalue weighted by molar-refractivity contribution is 8.04. The van der Waals surface area contributed by atoms with E-state index >= 15 is 0 Å². The summed E-state index contributed by atoms with van der Waals surface area (Å²) < 4.78 is 12.2. The van der Waals surface area contributed by atoms with E-state index < -0.39 is 6.23 Å². The number of carbonyl (C=O) groups excluding carboxylic acids is 3. The highest BCUT2D eigenvalue weighted by Gasteiger charge is 2.59. The molecule has 85 heavy (non-hydrogen) atoms. The lowest BCUT2D eigenvalue weighted by molar-refractivity contribution is -0.122. The van der Waals surface area contributed by atoms with E-state index in [1.54, 1.807) is 5.57 Å². The third kappa shape index (κ3) is 27.2. The lowest BCUT2D eigenvalue weighted by atomic mass is 9.47. The Hall–Kier alpha value is -0.690. The average molecular weight is 1270 g/mol. The number of fused-ring (bicyclic) bond motifs is 5. The minimum atomic E-state index is -0.518. The zero-order valence-electron chi connectivity index (χ0n) is 56.4. The summed E-state index contributed by atoms with van der Waals surface area (Å²) in [6, 6.07) is 0. The van der Waals surface area contributed by atoms with Crippen molar-refractivity contribution in [2.24, 2.45) is 46.3 Å². The molecule has 3 amide bonds. The Bertz CT molecular complexity index is 1900. The van der Waals surface area contributed by atoms with Gasteiger partial charge in [-0.25, -0.2) is 0 Å². The largest absolute Gasteiger partial charge is 0.380 e. The van der Waals surface area contributed by atoms with Gasteiger partial charge in [-0.2, -0.15) is 47.9 Å². The summed E-state index contributed by atoms with van der Waals surface area (Å²) in [6.45, 7) is 37.0. The molecular formula is C69H130N6O6S4. The van der Waals surface area contributed by atoms with Crippen LogP contribution < -0.4 is 21.3 Å². The number of thioether (sulfide) groups is 3. The Kier molecular flexibility index (Phi) is 37.0. The average Bonchev–Trinajstić information content (AvgIpc) is 2.34. The predicted octanol–water partition coefficient (Wildman–Crippen LogP) is 13.7. The molecular weight excluding hydrogens is 1140 g/mol. The standard InChI is InChI=1S/C69H130N6O6S4/c1-13-45-80-47-43-74(41-31-63(77)71-37-49-83-54(4)5)42-32-64(78)73-39-51-85-67(9,10)66(7,8)84-50-38-72-62(76)29-35-70-36-30-65(79)75(44-48-82)40-18-16-14-15-17-19-46-81-57-27-33-68(11)56(52-57)23-24-58-60-26-25-59(55(6)22-20-21-53(2)3)69(60,12)34-28-61(58)68/h23,53-55,57-61,65,70,79,82H,13-22,24-52H2,1-12H3,(H,71,77)(H,72,76)(H,73,78). The molecule has 9 atom stereocenters. The summed E-state index contributed by atoms with van der Waals surface area (Å²) in [7, 11) is 0. The van der Waals surface area contributed by atoms with Gasteiger partial charge in [0.25, 0.3) is 0 Å². The summed E-state index contributed by atoms with van der Waals surface area (Å²) >= 11 is 10.1. The molecule has 9 unspecified atom stereocenters. The van der Waals surface area contributed by atoms with Crippen LogP contribution in [0.1, 0.15) is 224 Å². The summed E-state index contributed by atoms with van der Waals surface area (Å²) in [6.07, 6.45) is 27.6. The fourth-order valence-electron chi connectivity index (χ4n) is 14.8. The van der Waals surface area contributed by atoms with Gasteiger partial charge in [-0.1, -0.05) is 112 Å². The van der Waals surface area contributed by atoms with Crippen LogP contribution in [0, 0.1) is 46.3 Å². The van der Waals surface area contributed by atoms with E-state index in [2.05, 4.69) is 133 Å². The molecule has 4 aliphatic carbocycles. The van der Waals surface area contributed by atoms with Crippen LogP contribution in [0.25, 0.3) is 0 Å². The molecule has 5 N–H and O–H groups in total. The number of unbranched alkanes of at least 4 members (excludes halogenated alkanes) is 5. The van der Waals surface area contributed by atoms with Crippen LogP contribution in [-0.2, 0) is 23.9 Å². The monoisotopic (exact) mass is 1270 g/mol. The molecule has 0 radical (unpaired) electrons. The highest BCUT2D eigenvalue weighted by Crippen LogP contribution is 2.67. The Morgan fingerprint density at radius 2 is 1.33 bits per heavy atom. The van der Waals surface area contributed by atoms with E-state index in [0.717, 1.165) is 98.1 Å². The molecule has 0 heterocycles. The van der Waals surface area contributed by atoms with Crippen molar-refractivity contribution in [3.8, 4) is 0 Å². The molecule has 16 heteroatoms. The first-order valence-corrected chi connectivity index (χ1v) is 38.3. The number of hydrogen-bond donors (Lipinski definition) is 6. The molecule has 0 aromatic carbocycles. The zero-order chi connectivity index (χ0) is 62.3. The van der Waals surface area contributed by atoms with Crippen molar-refractivity contribution in [2.75, 3.05) is 108 Å². The fourth-order valence-corrected chi connectivity index (χ4v) is 18.3. The fraction of sp³-hybridized carbons (Fsp3) is 0.928. The molecule has 4 rings (SSSR count). The van der Waals surface area contributed by atoms with Gasteiger partial charge in [0.05, 0.1) is 12.7 Å². The molecule has 0 aliphatic heterocycles. The van der Waals surface area contributed by atoms with Gasteiger partial charge in [0.2, 0.25) is 17.7 Å². The quantitative estimate of drug-likeness (QED) is 0.0149. The smallest absolute Gasteiger partial charge is 0.221 e. The molecule has 3 saturated carbocycles. The number of rotatable bonds is 48. The second-order valence-corrected chi connectivity index (χ2v) is 33.9. The molecule has 3 fully saturated rings. The van der Waals surface area contributed by atoms with Crippen molar-refractivity contribution < 1.29 is 29.0 Å². The summed E-state index contributed by atoms with van der Waals surface area (Å²) in [5.74, 6) is 8.67. The van der Waals surface area contributed by atoms with Crippen LogP contribution in [0.2, 0.25) is 0 Å². The van der Waals surface area contributed by atoms with E-state index in [1.165, 1.54) is 89.9 Å². The van der Waals surface area contributed by atoms with Gasteiger partial charge in [0.1, 0.15) is 6.23 Å². The van der Waals surface area contributed by atoms with E-state index in [1.807, 2.05) is 35.3 Å². The van der Waals surface area contributed by atoms with Gasteiger partial charge < -0.3 is 40.7 Å². The second-order valence-electron chi connectivity index (χ2n) is 28.3. The number of thiol groups is 1. The molecule has 0 saturated heterocycles. The third-order valence-corrected chi connectivity index (χ3v) is 25.4. The predicted molar refractivity (Wildman–Crippen MR) is 371 cm³/mol. The van der Waals surface area contributed by atoms with Crippen molar-refractivity contribution in [3.05, 3.63) is 11.6 Å². The molecule has 0 aromatic heterocycles. The van der Waals surface area contributed by atoms with Gasteiger partial charge in [0, 0.05) is 124 Å². The number of aliphatic hydroxyl groups is 1. The van der Waals surface area contributed by atoms with Crippen molar-refractivity contribution in [3.63, 3.8) is 0 Å². The van der Waals surface area contributed by atoms with E-state index in [4.69, 9.17) is 9.47 Å². The molecule has 0 spiro atoms. The number of ether oxygens (including phenoxy) is 2. The lowest BCUT2D eigenvalue weighted by Crippen LogP contribution is -2.51. The number of nitrogens with zero attached hydrogens (tertiary/aromatic N) is 2. The van der Waals surface area contributed by atoms with Crippen molar-refractivity contribution in [1.29, 1.82) is 0 Å². The summed E-state index contributed by atoms with van der Waals surface area (Å²) in [5.41, 5.74) is 2.69. The Balaban J connectivity index is 0.991. The Morgan fingerprint density at radius 1 is 0.694 bits per heavy atom. The normalized spacial score (nSPS) is 24.1. The SMILES string of the molecule is CCCOCCN(CCC(=O)NCCSC(C)C)CCC(=O)NCCSC(C)(C)C(C)(C)SCCNC(=O)CCNCCC(O)N(CCS)CCCCCCCCOC1CCC2(C)C(=CCC3C2CCC2(C)C(C(C)CCCC(C)C)CCC32)C1. The summed E-state index contributed by atoms with van der Waals surface area (Å²) in [4.78, 5) is 42.4. The van der Waals surface area contributed by atoms with E-state index in [0.29, 0.717) is 119 Å². The van der Waals surface area contributed by atoms with Gasteiger partial charge in [-0.15, -0.1) is 0 Å². The molecule has 496 valence electrons. The molecule has 12 nitrogen and oxygen atoms in total. The number of allylic oxidation sites excluding steroid dienone is 1. The number of amides is 3. The van der Waals surface area contributed by atoms with Crippen LogP contribution in [0.15, 0.2) is 11.6 Å². The number of aliphatic hydroxyl groups excluding tert-OH is 1. The lowest BCUT2D eigenvalue weighted by Gasteiger charge is -2.58. The third-order valence-electron chi connectivity index (χ3n) is 20.7. The maximum absolute atomic E-state index is 12.9. The second kappa shape index (κ2) is 41.0. The minimum absolute atomic E-state index is 0.0241. The molecule has 4 aliphatic rings. The maximum Gasteiger partial charge on any atom is 0.221 e. The molecule has 0 aromatic rings. The van der Waals surface area contributed by atoms with Crippen molar-refractivity contribution in [1.82, 2.24) is 31.1 Å². The maximum atomic E-state index is 12.9. The van der Waals surface area contributed by atoms with Crippen LogP contribution in [0.4, 0.5) is 0 Å². The molecule has 0 bridgehead atoms. The van der Waals surface area contributed by atoms with Gasteiger partial charge in [-0.05, 0) is 163 Å². The number of hydrogen-bond acceptors (Lipinski definition) is 13. The van der Waals surface area contributed by atoms with Crippen molar-refractivity contribution in [2.45, 2.75) is 251 Å². The van der Waals surface area contributed by atoms with Crippen LogP contribution in [-0.4, -0.2) is 168 Å².